The summed E-state index contributed by atoms with van der Waals surface area (Å²) >= 11 is 0. The van der Waals surface area contributed by atoms with Crippen LogP contribution in [0, 0.1) is 0 Å². The highest BCUT2D eigenvalue weighted by Gasteiger charge is 2.49. The summed E-state index contributed by atoms with van der Waals surface area (Å²) in [6.07, 6.45) is -5.02. The number of nitrogens with zero attached hydrogens (tertiary/aromatic N) is 3. The highest BCUT2D eigenvalue weighted by Crippen LogP contribution is 2.40. The van der Waals surface area contributed by atoms with E-state index in [-0.39, 0.29) is 13.0 Å². The molecule has 0 saturated heterocycles. The number of fused-ring (bicyclic) bond motifs is 5. The van der Waals surface area contributed by atoms with E-state index >= 15 is 0 Å². The summed E-state index contributed by atoms with van der Waals surface area (Å²) in [5.74, 6) is -4.21. The first-order valence-electron chi connectivity index (χ1n) is 15.4. The molecule has 2 heterocycles. The molecular formula is C34H36N4O11. The molecule has 3 aromatic rings. The van der Waals surface area contributed by atoms with E-state index in [0.29, 0.717) is 28.1 Å². The smallest absolute Gasteiger partial charge is 0.373 e. The van der Waals surface area contributed by atoms with Crippen molar-refractivity contribution < 1.29 is 52.8 Å². The maximum atomic E-state index is 12.7. The van der Waals surface area contributed by atoms with Gasteiger partial charge >= 0.3 is 23.9 Å². The van der Waals surface area contributed by atoms with E-state index in [1.54, 1.807) is 0 Å². The number of carbonyl (C=O) groups is 5. The first-order valence-corrected chi connectivity index (χ1v) is 15.4. The second-order valence-corrected chi connectivity index (χ2v) is 11.6. The second kappa shape index (κ2) is 14.7. The van der Waals surface area contributed by atoms with Crippen LogP contribution in [-0.2, 0) is 60.6 Å². The third-order valence-corrected chi connectivity index (χ3v) is 8.00. The number of nitrogens with one attached hydrogen (secondary N) is 1. The van der Waals surface area contributed by atoms with Crippen LogP contribution >= 0.6 is 0 Å². The van der Waals surface area contributed by atoms with E-state index in [1.807, 2.05) is 48.5 Å². The Kier molecular flexibility index (Phi) is 10.4. The zero-order valence-corrected chi connectivity index (χ0v) is 27.4. The number of methoxy groups -OCH3 is 1. The highest BCUT2D eigenvalue weighted by molar-refractivity contribution is 5.87. The Balaban J connectivity index is 1.66. The van der Waals surface area contributed by atoms with Crippen molar-refractivity contribution >= 4 is 29.8 Å². The summed E-state index contributed by atoms with van der Waals surface area (Å²) in [4.78, 5) is 62.5. The maximum absolute atomic E-state index is 12.7. The number of hydrogen-bond donors (Lipinski definition) is 2. The van der Waals surface area contributed by atoms with Crippen molar-refractivity contribution in [1.82, 2.24) is 20.3 Å². The van der Waals surface area contributed by atoms with E-state index in [2.05, 4.69) is 15.6 Å². The number of carbonyl (C=O) groups excluding carboxylic acids is 5. The summed E-state index contributed by atoms with van der Waals surface area (Å²) in [6.45, 7) is 4.37. The quantitative estimate of drug-likeness (QED) is 0.247. The van der Waals surface area contributed by atoms with Gasteiger partial charge < -0.3 is 34.1 Å². The largest absolute Gasteiger partial charge is 0.477 e. The standard InChI is InChI=1S/C34H36N4O11/c1-17(39)35-30-26(46-18(2)40)15-27(34(44)45-5)49-33(30)32(48-20(4)42)28(47-19(3)41)16-38-31-22-11-7-6-10-21(22)14-25(43)23-12-8-9-13-24(23)29(31)36-37-38/h6-13,15,25-26,28,30,32-33,43H,14,16H2,1-5H3,(H,35,39)/t25?,26-,28+,30+,32+,33+/m0/s1. The van der Waals surface area contributed by atoms with Gasteiger partial charge in [0, 0.05) is 51.3 Å². The summed E-state index contributed by atoms with van der Waals surface area (Å²) < 4.78 is 29.3. The minimum absolute atomic E-state index is 0.263. The van der Waals surface area contributed by atoms with Crippen LogP contribution in [0.4, 0.5) is 0 Å². The molecule has 1 aliphatic heterocycles. The maximum Gasteiger partial charge on any atom is 0.373 e. The number of hydrogen-bond acceptors (Lipinski definition) is 13. The Labute approximate surface area is 281 Å². The average Bonchev–Trinajstić information content (AvgIpc) is 3.45. The zero-order valence-electron chi connectivity index (χ0n) is 27.4. The Bertz CT molecular complexity index is 1800. The summed E-state index contributed by atoms with van der Waals surface area (Å²) in [5, 5.41) is 22.7. The van der Waals surface area contributed by atoms with Crippen molar-refractivity contribution in [2.45, 2.75) is 77.2 Å². The molecule has 15 nitrogen and oxygen atoms in total. The van der Waals surface area contributed by atoms with Crippen LogP contribution in [0.2, 0.25) is 0 Å². The molecule has 49 heavy (non-hydrogen) atoms. The number of aliphatic hydroxyl groups excluding tert-OH is 1. The molecule has 15 heteroatoms. The molecule has 1 aromatic heterocycles. The van der Waals surface area contributed by atoms with Gasteiger partial charge in [0.1, 0.15) is 17.8 Å². The minimum atomic E-state index is -1.53. The van der Waals surface area contributed by atoms with Crippen LogP contribution in [0.3, 0.4) is 0 Å². The topological polar surface area (TPSA) is 194 Å². The van der Waals surface area contributed by atoms with Gasteiger partial charge in [-0.15, -0.1) is 5.10 Å². The molecule has 0 saturated carbocycles. The van der Waals surface area contributed by atoms with Gasteiger partial charge in [0.15, 0.2) is 18.3 Å². The minimum Gasteiger partial charge on any atom is -0.477 e. The van der Waals surface area contributed by atoms with E-state index < -0.39 is 72.1 Å². The zero-order chi connectivity index (χ0) is 35.4. The molecule has 1 unspecified atom stereocenters. The molecular weight excluding hydrogens is 640 g/mol. The summed E-state index contributed by atoms with van der Waals surface area (Å²) in [5.41, 5.74) is 3.77. The predicted octanol–water partition coefficient (Wildman–Crippen LogP) is 1.96. The van der Waals surface area contributed by atoms with E-state index in [0.717, 1.165) is 33.4 Å². The molecule has 5 rings (SSSR count). The SMILES string of the molecule is COC(=O)C1=C[C@H](OC(C)=O)[C@@H](NC(C)=O)[C@H]([C@H](OC(C)=O)[C@@H](Cn2nnc3c2-c2ccccc2CC(O)c2ccccc2-3)OC(C)=O)O1. The van der Waals surface area contributed by atoms with Gasteiger partial charge in [-0.3, -0.25) is 19.2 Å². The van der Waals surface area contributed by atoms with Gasteiger partial charge in [-0.05, 0) is 11.1 Å². The lowest BCUT2D eigenvalue weighted by atomic mass is 9.87. The lowest BCUT2D eigenvalue weighted by molar-refractivity contribution is -0.187. The molecule has 2 N–H and O–H groups in total. The molecule has 1 amide bonds. The Morgan fingerprint density at radius 1 is 0.959 bits per heavy atom. The fourth-order valence-electron chi connectivity index (χ4n) is 6.16. The third-order valence-electron chi connectivity index (χ3n) is 8.00. The lowest BCUT2D eigenvalue weighted by Gasteiger charge is -2.41. The number of rotatable bonds is 9. The van der Waals surface area contributed by atoms with Crippen LogP contribution in [0.25, 0.3) is 22.5 Å². The summed E-state index contributed by atoms with van der Waals surface area (Å²) in [7, 11) is 1.11. The molecule has 0 spiro atoms. The van der Waals surface area contributed by atoms with Crippen molar-refractivity contribution in [3.05, 3.63) is 71.5 Å². The second-order valence-electron chi connectivity index (χ2n) is 11.6. The molecule has 2 aliphatic rings. The highest BCUT2D eigenvalue weighted by atomic mass is 16.6. The van der Waals surface area contributed by atoms with Gasteiger partial charge in [0.2, 0.25) is 11.7 Å². The first-order chi connectivity index (χ1) is 23.4. The normalized spacial score (nSPS) is 20.6. The number of aliphatic hydroxyl groups is 1. The predicted molar refractivity (Wildman–Crippen MR) is 169 cm³/mol. The lowest BCUT2D eigenvalue weighted by Crippen LogP contribution is -2.62. The molecule has 0 bridgehead atoms. The molecule has 2 aromatic carbocycles. The molecule has 258 valence electrons. The van der Waals surface area contributed by atoms with Crippen LogP contribution in [0.15, 0.2) is 60.4 Å². The summed E-state index contributed by atoms with van der Waals surface area (Å²) in [6, 6.07) is 13.4. The first kappa shape index (κ1) is 34.8. The van der Waals surface area contributed by atoms with Gasteiger partial charge in [-0.1, -0.05) is 53.7 Å². The number of aromatic nitrogens is 3. The molecule has 0 fully saturated rings. The Morgan fingerprint density at radius 3 is 2.29 bits per heavy atom. The van der Waals surface area contributed by atoms with E-state index in [9.17, 15) is 29.1 Å². The fraction of sp³-hybridized carbons (Fsp3) is 0.382. The van der Waals surface area contributed by atoms with Crippen molar-refractivity contribution in [3.63, 3.8) is 0 Å². The van der Waals surface area contributed by atoms with Crippen LogP contribution in [0.1, 0.15) is 44.9 Å². The number of benzene rings is 2. The van der Waals surface area contributed by atoms with Crippen LogP contribution < -0.4 is 5.32 Å². The number of ether oxygens (including phenoxy) is 5. The number of esters is 4. The van der Waals surface area contributed by atoms with Crippen molar-refractivity contribution in [1.29, 1.82) is 0 Å². The molecule has 0 radical (unpaired) electrons. The van der Waals surface area contributed by atoms with Gasteiger partial charge in [-0.25, -0.2) is 9.48 Å². The van der Waals surface area contributed by atoms with E-state index in [4.69, 9.17) is 23.7 Å². The third kappa shape index (κ3) is 7.62. The Hall–Kier alpha value is -5.57. The van der Waals surface area contributed by atoms with Gasteiger partial charge in [-0.2, -0.15) is 0 Å². The Morgan fingerprint density at radius 2 is 1.63 bits per heavy atom. The molecule has 1 aliphatic carbocycles. The fourth-order valence-corrected chi connectivity index (χ4v) is 6.16. The van der Waals surface area contributed by atoms with E-state index in [1.165, 1.54) is 17.7 Å². The average molecular weight is 677 g/mol. The monoisotopic (exact) mass is 676 g/mol. The van der Waals surface area contributed by atoms with Crippen molar-refractivity contribution in [2.24, 2.45) is 0 Å². The van der Waals surface area contributed by atoms with Crippen molar-refractivity contribution in [3.8, 4) is 22.5 Å². The number of amides is 1. The van der Waals surface area contributed by atoms with Crippen LogP contribution in [0.5, 0.6) is 0 Å². The van der Waals surface area contributed by atoms with Gasteiger partial charge in [0.25, 0.3) is 0 Å². The van der Waals surface area contributed by atoms with Crippen LogP contribution in [-0.4, -0.2) is 87.5 Å². The van der Waals surface area contributed by atoms with Gasteiger partial charge in [0.05, 0.1) is 25.5 Å². The van der Waals surface area contributed by atoms with Crippen molar-refractivity contribution in [2.75, 3.05) is 7.11 Å². The molecule has 6 atom stereocenters.